The molecule has 12 heteroatoms. The van der Waals surface area contributed by atoms with Crippen molar-refractivity contribution in [3.05, 3.63) is 29.8 Å². The zero-order valence-corrected chi connectivity index (χ0v) is 20.3. The van der Waals surface area contributed by atoms with E-state index in [1.807, 2.05) is 0 Å². The molecular weight excluding hydrogens is 489 g/mol. The van der Waals surface area contributed by atoms with E-state index in [0.29, 0.717) is 12.1 Å². The van der Waals surface area contributed by atoms with Crippen molar-refractivity contribution in [2.45, 2.75) is 31.5 Å². The molecule has 0 spiro atoms. The maximum Gasteiger partial charge on any atom is 0.317 e. The predicted octanol–water partition coefficient (Wildman–Crippen LogP) is 2.13. The van der Waals surface area contributed by atoms with Gasteiger partial charge in [-0.2, -0.15) is 0 Å². The molecule has 2 bridgehead atoms. The summed E-state index contributed by atoms with van der Waals surface area (Å²) in [4.78, 5) is 50.8. The summed E-state index contributed by atoms with van der Waals surface area (Å²) >= 11 is 5.86. The summed E-state index contributed by atoms with van der Waals surface area (Å²) in [5.74, 6) is -5.41. The van der Waals surface area contributed by atoms with Crippen LogP contribution < -0.4 is 4.74 Å². The lowest BCUT2D eigenvalue weighted by molar-refractivity contribution is -0.187. The Kier molecular flexibility index (Phi) is 7.14. The number of alkyl halides is 1. The van der Waals surface area contributed by atoms with Crippen molar-refractivity contribution in [1.82, 2.24) is 4.67 Å². The number of benzene rings is 1. The van der Waals surface area contributed by atoms with Crippen LogP contribution in [0.25, 0.3) is 0 Å². The van der Waals surface area contributed by atoms with E-state index >= 15 is 0 Å². The molecule has 5 rings (SSSR count). The smallest absolute Gasteiger partial charge is 0.317 e. The second-order valence-corrected chi connectivity index (χ2v) is 11.1. The molecule has 0 amide bonds. The lowest BCUT2D eigenvalue weighted by Crippen LogP contribution is -2.64. The predicted molar refractivity (Wildman–Crippen MR) is 119 cm³/mol. The second kappa shape index (κ2) is 9.77. The molecule has 0 radical (unpaired) electrons. The van der Waals surface area contributed by atoms with Crippen LogP contribution in [-0.4, -0.2) is 72.3 Å². The first-order valence-corrected chi connectivity index (χ1v) is 13.2. The number of hydrogen-bond donors (Lipinski definition) is 0. The fourth-order valence-electron chi connectivity index (χ4n) is 5.03. The molecule has 0 aromatic heterocycles. The van der Waals surface area contributed by atoms with E-state index in [9.17, 15) is 23.7 Å². The minimum absolute atomic E-state index is 0.0733. The number of carbonyl (C=O) groups is 4. The maximum atomic E-state index is 13.9. The van der Waals surface area contributed by atoms with Crippen LogP contribution in [0.2, 0.25) is 0 Å². The van der Waals surface area contributed by atoms with Crippen LogP contribution in [0.3, 0.4) is 0 Å². The summed E-state index contributed by atoms with van der Waals surface area (Å²) < 4.78 is 36.9. The Morgan fingerprint density at radius 2 is 1.94 bits per heavy atom. The first-order valence-electron chi connectivity index (χ1n) is 11.0. The summed E-state index contributed by atoms with van der Waals surface area (Å²) in [6.45, 7) is 3.64. The van der Waals surface area contributed by atoms with Gasteiger partial charge in [0.2, 0.25) is 0 Å². The molecule has 3 saturated heterocycles. The van der Waals surface area contributed by atoms with Crippen molar-refractivity contribution in [2.24, 2.45) is 11.8 Å². The third kappa shape index (κ3) is 4.17. The SMILES string of the molecule is CCOC(=O)C1C2OC(=O)C(C(=O)C2P2(=O)OCCN2CCCl)C1c1ccc(OC(C)=O)cc1. The van der Waals surface area contributed by atoms with Gasteiger partial charge < -0.3 is 18.7 Å². The van der Waals surface area contributed by atoms with Gasteiger partial charge in [0.25, 0.3) is 7.52 Å². The molecule has 4 fully saturated rings. The lowest BCUT2D eigenvalue weighted by Gasteiger charge is -2.50. The minimum atomic E-state index is -3.78. The van der Waals surface area contributed by atoms with Crippen molar-refractivity contribution in [3.8, 4) is 5.75 Å². The molecule has 3 heterocycles. The highest BCUT2D eigenvalue weighted by atomic mass is 35.5. The van der Waals surface area contributed by atoms with Crippen LogP contribution in [0.1, 0.15) is 25.3 Å². The molecule has 4 aliphatic rings. The molecular formula is C22H25ClNO9P. The monoisotopic (exact) mass is 513 g/mol. The van der Waals surface area contributed by atoms with Crippen LogP contribution in [-0.2, 0) is 37.7 Å². The molecule has 6 atom stereocenters. The Labute approximate surface area is 201 Å². The largest absolute Gasteiger partial charge is 0.466 e. The summed E-state index contributed by atoms with van der Waals surface area (Å²) in [5, 5.41) is 0. The maximum absolute atomic E-state index is 13.9. The number of halogens is 1. The number of rotatable bonds is 7. The van der Waals surface area contributed by atoms with E-state index in [-0.39, 0.29) is 31.4 Å². The van der Waals surface area contributed by atoms with Gasteiger partial charge in [0, 0.05) is 31.8 Å². The van der Waals surface area contributed by atoms with Gasteiger partial charge in [-0.25, -0.2) is 4.67 Å². The van der Waals surface area contributed by atoms with Crippen molar-refractivity contribution in [2.75, 3.05) is 32.2 Å². The van der Waals surface area contributed by atoms with Gasteiger partial charge in [0.1, 0.15) is 29.3 Å². The molecule has 10 nitrogen and oxygen atoms in total. The first-order chi connectivity index (χ1) is 16.2. The van der Waals surface area contributed by atoms with E-state index in [1.165, 1.54) is 23.7 Å². The van der Waals surface area contributed by atoms with E-state index < -0.39 is 60.7 Å². The average molecular weight is 514 g/mol. The third-order valence-electron chi connectivity index (χ3n) is 6.31. The Hall–Kier alpha value is -2.26. The van der Waals surface area contributed by atoms with Crippen LogP contribution in [0.4, 0.5) is 0 Å². The second-order valence-electron chi connectivity index (χ2n) is 8.23. The highest BCUT2D eigenvalue weighted by molar-refractivity contribution is 7.58. The zero-order valence-electron chi connectivity index (χ0n) is 18.7. The molecule has 34 heavy (non-hydrogen) atoms. The van der Waals surface area contributed by atoms with E-state index in [4.69, 9.17) is 30.3 Å². The topological polar surface area (TPSA) is 126 Å². The summed E-state index contributed by atoms with van der Waals surface area (Å²) in [5.41, 5.74) is -0.817. The fraction of sp³-hybridized carbons (Fsp3) is 0.545. The van der Waals surface area contributed by atoms with Gasteiger partial charge in [-0.05, 0) is 24.6 Å². The zero-order chi connectivity index (χ0) is 24.6. The third-order valence-corrected chi connectivity index (χ3v) is 9.48. The van der Waals surface area contributed by atoms with Crippen molar-refractivity contribution < 1.29 is 42.5 Å². The van der Waals surface area contributed by atoms with Crippen molar-refractivity contribution in [1.29, 1.82) is 0 Å². The first kappa shape index (κ1) is 24.9. The van der Waals surface area contributed by atoms with Crippen LogP contribution >= 0.6 is 19.1 Å². The lowest BCUT2D eigenvalue weighted by atomic mass is 9.64. The number of ketones is 1. The van der Waals surface area contributed by atoms with Crippen molar-refractivity contribution >= 4 is 42.8 Å². The highest BCUT2D eigenvalue weighted by Gasteiger charge is 2.68. The summed E-state index contributed by atoms with van der Waals surface area (Å²) in [7, 11) is -3.78. The molecule has 184 valence electrons. The van der Waals surface area contributed by atoms with E-state index in [1.54, 1.807) is 19.1 Å². The molecule has 6 unspecified atom stereocenters. The number of esters is 3. The minimum Gasteiger partial charge on any atom is -0.466 e. The fourth-order valence-corrected chi connectivity index (χ4v) is 8.21. The van der Waals surface area contributed by atoms with E-state index in [0.717, 1.165) is 0 Å². The highest BCUT2D eigenvalue weighted by Crippen LogP contribution is 2.65. The molecule has 1 aliphatic carbocycles. The van der Waals surface area contributed by atoms with Gasteiger partial charge in [-0.1, -0.05) is 12.1 Å². The number of carbonyl (C=O) groups excluding carboxylic acids is 4. The van der Waals surface area contributed by atoms with Gasteiger partial charge >= 0.3 is 17.9 Å². The Bertz CT molecular complexity index is 1050. The molecule has 1 aromatic carbocycles. The average Bonchev–Trinajstić information content (AvgIpc) is 3.14. The summed E-state index contributed by atoms with van der Waals surface area (Å²) in [6.07, 6.45) is -1.32. The Morgan fingerprint density at radius 3 is 2.56 bits per heavy atom. The van der Waals surface area contributed by atoms with Gasteiger partial charge in [-0.3, -0.25) is 23.7 Å². The van der Waals surface area contributed by atoms with Crippen LogP contribution in [0.15, 0.2) is 24.3 Å². The number of ether oxygens (including phenoxy) is 3. The number of hydrogen-bond acceptors (Lipinski definition) is 9. The standard InChI is InChI=1S/C22H25ClNO9P/c1-3-30-21(27)17-15(13-4-6-14(7-5-13)32-12(2)25)16-18(26)20(19(17)33-22(16)28)34(29)24(9-8-23)10-11-31-34/h4-7,15-17,19-20H,3,8-11H2,1-2H3. The Morgan fingerprint density at radius 1 is 1.24 bits per heavy atom. The summed E-state index contributed by atoms with van der Waals surface area (Å²) in [6, 6.07) is 6.19. The van der Waals surface area contributed by atoms with Crippen LogP contribution in [0.5, 0.6) is 5.75 Å². The number of fused-ring (bicyclic) bond motifs is 3. The molecule has 1 saturated carbocycles. The number of Topliss-reactive ketones (excluding diaryl/α,β-unsaturated/α-hetero) is 1. The van der Waals surface area contributed by atoms with Gasteiger partial charge in [0.05, 0.1) is 13.2 Å². The van der Waals surface area contributed by atoms with Crippen molar-refractivity contribution in [3.63, 3.8) is 0 Å². The van der Waals surface area contributed by atoms with E-state index in [2.05, 4.69) is 0 Å². The van der Waals surface area contributed by atoms with Gasteiger partial charge in [-0.15, -0.1) is 11.6 Å². The number of nitrogens with zero attached hydrogens (tertiary/aromatic N) is 1. The molecule has 3 aliphatic heterocycles. The van der Waals surface area contributed by atoms with Crippen LogP contribution in [0, 0.1) is 11.8 Å². The molecule has 1 aromatic rings. The quantitative estimate of drug-likeness (QED) is 0.176. The molecule has 0 N–H and O–H groups in total. The Balaban J connectivity index is 1.77. The van der Waals surface area contributed by atoms with Gasteiger partial charge in [0.15, 0.2) is 5.78 Å². The normalized spacial score (nSPS) is 33.0.